The van der Waals surface area contributed by atoms with Crippen molar-refractivity contribution in [1.29, 1.82) is 0 Å². The fourth-order valence-corrected chi connectivity index (χ4v) is 8.97. The van der Waals surface area contributed by atoms with Crippen LogP contribution in [0, 0.1) is 0 Å². The molecule has 0 saturated carbocycles. The molecule has 378 valence electrons. The van der Waals surface area contributed by atoms with Crippen molar-refractivity contribution in [3.63, 3.8) is 0 Å². The minimum absolute atomic E-state index is 0.561. The molecule has 0 N–H and O–H groups in total. The van der Waals surface area contributed by atoms with Gasteiger partial charge in [-0.2, -0.15) is 0 Å². The van der Waals surface area contributed by atoms with E-state index in [9.17, 15) is 0 Å². The summed E-state index contributed by atoms with van der Waals surface area (Å²) in [6.45, 7) is 3.41. The van der Waals surface area contributed by atoms with Gasteiger partial charge in [-0.15, -0.1) is 20.0 Å². The summed E-state index contributed by atoms with van der Waals surface area (Å²) in [6.07, 6.45) is 27.4. The molecule has 10 rings (SSSR count). The smallest absolute Gasteiger partial charge is 0.200 e. The van der Waals surface area contributed by atoms with E-state index < -0.39 is 0 Å². The summed E-state index contributed by atoms with van der Waals surface area (Å²) >= 11 is 0. The second kappa shape index (κ2) is 25.9. The molecule has 2 aromatic carbocycles. The lowest BCUT2D eigenvalue weighted by Crippen LogP contribution is -2.54. The third-order valence-corrected chi connectivity index (χ3v) is 12.5. The summed E-state index contributed by atoms with van der Waals surface area (Å²) in [5.41, 5.74) is 4.35. The number of hydrogen-bond acceptors (Lipinski definition) is 10. The van der Waals surface area contributed by atoms with Crippen LogP contribution < -0.4 is 48.2 Å². The first-order valence-electron chi connectivity index (χ1n) is 25.8. The Kier molecular flexibility index (Phi) is 17.0. The van der Waals surface area contributed by atoms with Crippen LogP contribution in [-0.2, 0) is 26.2 Å². The Hall–Kier alpha value is -9.56. The van der Waals surface area contributed by atoms with Crippen LogP contribution in [0.25, 0.3) is 0 Å². The monoisotopic (exact) mass is 1010 g/mol. The van der Waals surface area contributed by atoms with E-state index in [1.54, 1.807) is 0 Å². The molecule has 8 heterocycles. The predicted octanol–water partition coefficient (Wildman–Crippen LogP) is 9.31. The molecule has 0 atom stereocenters. The first kappa shape index (κ1) is 50.0. The molecule has 0 aliphatic carbocycles. The van der Waals surface area contributed by atoms with Crippen LogP contribution in [0.3, 0.4) is 0 Å². The second-order valence-corrected chi connectivity index (χ2v) is 18.1. The van der Waals surface area contributed by atoms with Gasteiger partial charge in [0.25, 0.3) is 0 Å². The van der Waals surface area contributed by atoms with Gasteiger partial charge in [-0.25, -0.2) is 19.9 Å². The van der Waals surface area contributed by atoms with Gasteiger partial charge in [0.05, 0.1) is 13.2 Å². The fourth-order valence-electron chi connectivity index (χ4n) is 8.97. The van der Waals surface area contributed by atoms with E-state index in [1.165, 1.54) is 0 Å². The number of benzene rings is 2. The van der Waals surface area contributed by atoms with Crippen LogP contribution in [0.15, 0.2) is 256 Å². The van der Waals surface area contributed by atoms with Gasteiger partial charge in [-0.1, -0.05) is 79.4 Å². The Labute approximate surface area is 444 Å². The Balaban J connectivity index is 0.827. The summed E-state index contributed by atoms with van der Waals surface area (Å²) in [6, 6.07) is 61.4. The van der Waals surface area contributed by atoms with E-state index in [2.05, 4.69) is 75.1 Å². The van der Waals surface area contributed by atoms with E-state index in [4.69, 9.17) is 29.4 Å². The standard InChI is InChI=1S/C62H62N12O2/c1(23-41-75-57-45-53(49-71(59-25-7-11-29-63-59)67-33-15-3-16-34-67)43-54(46-57)50-72(60-26-8-12-30-64-60)68-35-17-4-18-36-68)2-24-42-76-58-47-55(51-73(61-27-9-13-31-65-61)69-37-19-5-20-38-69)44-56(48-58)52-74(62-28-10-14-32-66-62)70-39-21-6-22-40-70/h3-22,25-40,43-48H,1-2,23-24,41-42,49-52H2/q+4. The molecule has 10 aromatic rings. The van der Waals surface area contributed by atoms with E-state index in [-0.39, 0.29) is 0 Å². The van der Waals surface area contributed by atoms with Crippen LogP contribution in [0.2, 0.25) is 0 Å². The highest BCUT2D eigenvalue weighted by atomic mass is 16.5. The quantitative estimate of drug-likeness (QED) is 0.0407. The maximum absolute atomic E-state index is 6.63. The summed E-state index contributed by atoms with van der Waals surface area (Å²) in [4.78, 5) is 19.0. The van der Waals surface area contributed by atoms with Crippen molar-refractivity contribution in [3.8, 4) is 11.5 Å². The van der Waals surface area contributed by atoms with E-state index in [0.29, 0.717) is 39.4 Å². The Morgan fingerprint density at radius 1 is 0.289 bits per heavy atom. The Morgan fingerprint density at radius 2 is 0.553 bits per heavy atom. The van der Waals surface area contributed by atoms with Gasteiger partial charge in [-0.05, 0) is 121 Å². The summed E-state index contributed by atoms with van der Waals surface area (Å²) in [7, 11) is 0. The first-order chi connectivity index (χ1) is 37.7. The number of hydrogen-bond donors (Lipinski definition) is 0. The van der Waals surface area contributed by atoms with Crippen molar-refractivity contribution >= 4 is 23.3 Å². The van der Waals surface area contributed by atoms with Crippen molar-refractivity contribution in [1.82, 2.24) is 19.9 Å². The number of anilines is 4. The summed E-state index contributed by atoms with van der Waals surface area (Å²) in [5, 5.41) is 8.63. The van der Waals surface area contributed by atoms with Gasteiger partial charge < -0.3 is 9.47 Å². The summed E-state index contributed by atoms with van der Waals surface area (Å²) < 4.78 is 21.5. The molecule has 0 saturated heterocycles. The van der Waals surface area contributed by atoms with Crippen molar-refractivity contribution in [2.75, 3.05) is 33.2 Å². The molecule has 14 heteroatoms. The van der Waals surface area contributed by atoms with Crippen LogP contribution in [0.5, 0.6) is 11.5 Å². The Bertz CT molecular complexity index is 2700. The van der Waals surface area contributed by atoms with Gasteiger partial charge in [0, 0.05) is 73.3 Å². The number of ether oxygens (including phenoxy) is 2. The van der Waals surface area contributed by atoms with Gasteiger partial charge in [0.15, 0.2) is 72.8 Å². The van der Waals surface area contributed by atoms with Crippen LogP contribution in [-0.4, -0.2) is 33.1 Å². The molecule has 76 heavy (non-hydrogen) atoms. The predicted molar refractivity (Wildman–Crippen MR) is 292 cm³/mol. The van der Waals surface area contributed by atoms with Crippen LogP contribution in [0.1, 0.15) is 47.9 Å². The largest absolute Gasteiger partial charge is 0.494 e. The van der Waals surface area contributed by atoms with Crippen molar-refractivity contribution in [2.45, 2.75) is 51.9 Å². The first-order valence-corrected chi connectivity index (χ1v) is 25.8. The van der Waals surface area contributed by atoms with Gasteiger partial charge in [0.2, 0.25) is 0 Å². The highest BCUT2D eigenvalue weighted by Gasteiger charge is 2.24. The number of nitrogens with zero attached hydrogens (tertiary/aromatic N) is 12. The zero-order chi connectivity index (χ0) is 51.4. The molecule has 0 amide bonds. The maximum atomic E-state index is 6.63. The average molecular weight is 1010 g/mol. The second-order valence-electron chi connectivity index (χ2n) is 18.1. The molecule has 0 radical (unpaired) electrons. The number of aromatic nitrogens is 8. The minimum atomic E-state index is 0.561. The lowest BCUT2D eigenvalue weighted by molar-refractivity contribution is -0.686. The average Bonchev–Trinajstić information content (AvgIpc) is 3.49. The molecular weight excluding hydrogens is 945 g/mol. The highest BCUT2D eigenvalue weighted by molar-refractivity contribution is 5.44. The molecular formula is C62H62N12O2+4. The van der Waals surface area contributed by atoms with Crippen molar-refractivity contribution in [2.24, 2.45) is 0 Å². The maximum Gasteiger partial charge on any atom is 0.200 e. The lowest BCUT2D eigenvalue weighted by Gasteiger charge is -2.20. The minimum Gasteiger partial charge on any atom is -0.494 e. The van der Waals surface area contributed by atoms with Crippen LogP contribution >= 0.6 is 0 Å². The van der Waals surface area contributed by atoms with Crippen molar-refractivity contribution < 1.29 is 28.2 Å². The van der Waals surface area contributed by atoms with Crippen molar-refractivity contribution in [3.05, 3.63) is 279 Å². The topological polar surface area (TPSA) is 98.5 Å². The molecule has 14 nitrogen and oxygen atoms in total. The molecule has 0 aliphatic heterocycles. The molecule has 0 fully saturated rings. The normalized spacial score (nSPS) is 10.9. The highest BCUT2D eigenvalue weighted by Crippen LogP contribution is 2.25. The lowest BCUT2D eigenvalue weighted by atomic mass is 10.1. The van der Waals surface area contributed by atoms with E-state index >= 15 is 0 Å². The number of pyridine rings is 8. The van der Waals surface area contributed by atoms with Gasteiger partial charge >= 0.3 is 0 Å². The zero-order valence-corrected chi connectivity index (χ0v) is 42.5. The molecule has 0 bridgehead atoms. The molecule has 8 aromatic heterocycles. The third kappa shape index (κ3) is 13.7. The summed E-state index contributed by atoms with van der Waals surface area (Å²) in [5.74, 6) is 4.99. The molecule has 0 aliphatic rings. The molecule has 0 spiro atoms. The van der Waals surface area contributed by atoms with E-state index in [0.717, 1.165) is 82.7 Å². The zero-order valence-electron chi connectivity index (χ0n) is 42.5. The Morgan fingerprint density at radius 3 is 0.789 bits per heavy atom. The number of unbranched alkanes of at least 4 members (excludes halogenated alkanes) is 3. The SMILES string of the molecule is c1cc[n+](N(Cc2cc(CN(c3ccccn3)[n+]3ccccc3)cc(OCCCCCCOc3cc(CN(c4ccccn4)[n+]4ccccc4)cc(CN(c4ccccn4)[n+]4ccccc4)c3)c2)c2ccccn2)cc1. The van der Waals surface area contributed by atoms with Crippen LogP contribution in [0.4, 0.5) is 23.3 Å². The third-order valence-electron chi connectivity index (χ3n) is 12.5. The number of rotatable bonds is 25. The van der Waals surface area contributed by atoms with E-state index in [1.807, 2.05) is 220 Å². The fraction of sp³-hybridized carbons (Fsp3) is 0.161. The van der Waals surface area contributed by atoms with Gasteiger partial charge in [-0.3, -0.25) is 0 Å². The van der Waals surface area contributed by atoms with Gasteiger partial charge in [0.1, 0.15) is 37.7 Å². The molecule has 0 unspecified atom stereocenters.